The van der Waals surface area contributed by atoms with Crippen molar-refractivity contribution in [2.24, 2.45) is 0 Å². The van der Waals surface area contributed by atoms with Crippen molar-refractivity contribution in [1.29, 1.82) is 0 Å². The lowest BCUT2D eigenvalue weighted by Crippen LogP contribution is -2.35. The third-order valence-corrected chi connectivity index (χ3v) is 5.93. The number of amides is 1. The largest absolute Gasteiger partial charge is 0.487 e. The average Bonchev–Trinajstić information content (AvgIpc) is 3.10. The van der Waals surface area contributed by atoms with Gasteiger partial charge in [-0.05, 0) is 53.9 Å². The van der Waals surface area contributed by atoms with E-state index in [0.717, 1.165) is 16.7 Å². The number of hydrogen-bond donors (Lipinski definition) is 1. The molecule has 170 valence electrons. The zero-order chi connectivity index (χ0) is 23.6. The van der Waals surface area contributed by atoms with Crippen LogP contribution < -0.4 is 4.74 Å². The van der Waals surface area contributed by atoms with Crippen molar-refractivity contribution >= 4 is 23.5 Å². The number of carbonyl (C=O) groups excluding carboxylic acids is 1. The van der Waals surface area contributed by atoms with Gasteiger partial charge in [0.25, 0.3) is 5.91 Å². The molecule has 1 amide bonds. The molecule has 5 nitrogen and oxygen atoms in total. The Labute approximate surface area is 196 Å². The number of hydrogen-bond acceptors (Lipinski definition) is 3. The summed E-state index contributed by atoms with van der Waals surface area (Å²) in [5.41, 5.74) is 2.26. The zero-order valence-electron chi connectivity index (χ0n) is 18.1. The van der Waals surface area contributed by atoms with Gasteiger partial charge in [0.2, 0.25) is 0 Å². The standard InChI is InChI=1S/C26H23ClFNO4/c1-26(13-18-7-9-21(27)22(28)11-18)14-20-12-19(8-10-23(20)33-26)25(32)29(16-24(30)31)15-17-5-3-2-4-6-17/h2-12H,13-16H2,1H3,(H,30,31)/t26-/m1/s1. The molecule has 0 aliphatic carbocycles. The van der Waals surface area contributed by atoms with E-state index >= 15 is 0 Å². The lowest BCUT2D eigenvalue weighted by molar-refractivity contribution is -0.137. The van der Waals surface area contributed by atoms with Gasteiger partial charge in [0.15, 0.2) is 0 Å². The number of benzene rings is 3. The highest BCUT2D eigenvalue weighted by Crippen LogP contribution is 2.38. The quantitative estimate of drug-likeness (QED) is 0.522. The molecule has 1 heterocycles. The molecule has 0 saturated carbocycles. The maximum Gasteiger partial charge on any atom is 0.323 e. The van der Waals surface area contributed by atoms with Crippen LogP contribution in [0.15, 0.2) is 66.7 Å². The molecule has 7 heteroatoms. The van der Waals surface area contributed by atoms with Crippen LogP contribution >= 0.6 is 11.6 Å². The second-order valence-corrected chi connectivity index (χ2v) is 8.92. The van der Waals surface area contributed by atoms with Crippen LogP contribution in [-0.2, 0) is 24.2 Å². The fourth-order valence-electron chi connectivity index (χ4n) is 4.18. The minimum Gasteiger partial charge on any atom is -0.487 e. The molecule has 0 aromatic heterocycles. The van der Waals surface area contributed by atoms with E-state index in [0.29, 0.717) is 24.2 Å². The lowest BCUT2D eigenvalue weighted by atomic mass is 9.91. The van der Waals surface area contributed by atoms with Crippen LogP contribution in [0.1, 0.15) is 34.0 Å². The van der Waals surface area contributed by atoms with Gasteiger partial charge in [0, 0.05) is 24.9 Å². The first-order valence-electron chi connectivity index (χ1n) is 10.5. The Kier molecular flexibility index (Phi) is 6.38. The summed E-state index contributed by atoms with van der Waals surface area (Å²) >= 11 is 5.78. The molecule has 3 aromatic rings. The van der Waals surface area contributed by atoms with Crippen LogP contribution in [0.4, 0.5) is 4.39 Å². The van der Waals surface area contributed by atoms with Crippen molar-refractivity contribution in [2.45, 2.75) is 31.9 Å². The van der Waals surface area contributed by atoms with Gasteiger partial charge in [-0.25, -0.2) is 4.39 Å². The summed E-state index contributed by atoms with van der Waals surface area (Å²) in [6, 6.07) is 19.1. The van der Waals surface area contributed by atoms with Crippen molar-refractivity contribution < 1.29 is 23.8 Å². The first-order valence-corrected chi connectivity index (χ1v) is 10.9. The van der Waals surface area contributed by atoms with Crippen LogP contribution in [-0.4, -0.2) is 34.0 Å². The number of carboxylic acids is 1. The SMILES string of the molecule is C[C@@]1(Cc2ccc(Cl)c(F)c2)Cc2cc(C(=O)N(CC(=O)O)Cc3ccccc3)ccc2O1. The molecule has 1 atom stereocenters. The van der Waals surface area contributed by atoms with Gasteiger partial charge >= 0.3 is 5.97 Å². The third-order valence-electron chi connectivity index (χ3n) is 5.62. The minimum absolute atomic E-state index is 0.0732. The summed E-state index contributed by atoms with van der Waals surface area (Å²) in [4.78, 5) is 25.9. The van der Waals surface area contributed by atoms with E-state index < -0.39 is 23.9 Å². The number of rotatable bonds is 7. The molecule has 1 aliphatic heterocycles. The third kappa shape index (κ3) is 5.34. The molecule has 0 unspecified atom stereocenters. The van der Waals surface area contributed by atoms with E-state index in [-0.39, 0.29) is 17.5 Å². The molecule has 1 N–H and O–H groups in total. The first-order chi connectivity index (χ1) is 15.7. The van der Waals surface area contributed by atoms with Gasteiger partial charge < -0.3 is 14.7 Å². The minimum atomic E-state index is -1.08. The smallest absolute Gasteiger partial charge is 0.323 e. The summed E-state index contributed by atoms with van der Waals surface area (Å²) in [5, 5.41) is 9.38. The maximum absolute atomic E-state index is 13.8. The van der Waals surface area contributed by atoms with Crippen LogP contribution in [0.25, 0.3) is 0 Å². The molecule has 3 aromatic carbocycles. The number of carbonyl (C=O) groups is 2. The zero-order valence-corrected chi connectivity index (χ0v) is 18.8. The first kappa shape index (κ1) is 22.8. The highest BCUT2D eigenvalue weighted by Gasteiger charge is 2.36. The number of fused-ring (bicyclic) bond motifs is 1. The molecule has 0 spiro atoms. The molecule has 33 heavy (non-hydrogen) atoms. The topological polar surface area (TPSA) is 66.8 Å². The van der Waals surface area contributed by atoms with Gasteiger partial charge in [-0.2, -0.15) is 0 Å². The van der Waals surface area contributed by atoms with E-state index in [9.17, 15) is 19.1 Å². The van der Waals surface area contributed by atoms with Gasteiger partial charge in [0.05, 0.1) is 5.02 Å². The van der Waals surface area contributed by atoms with Gasteiger partial charge in [-0.15, -0.1) is 0 Å². The highest BCUT2D eigenvalue weighted by molar-refractivity contribution is 6.30. The predicted octanol–water partition coefficient (Wildman–Crippen LogP) is 5.14. The van der Waals surface area contributed by atoms with Crippen LogP contribution in [0.3, 0.4) is 0 Å². The average molecular weight is 468 g/mol. The van der Waals surface area contributed by atoms with Crippen molar-refractivity contribution in [2.75, 3.05) is 6.54 Å². The Bertz CT molecular complexity index is 1200. The summed E-state index contributed by atoms with van der Waals surface area (Å²) in [6.07, 6.45) is 1.00. The number of nitrogens with zero attached hydrogens (tertiary/aromatic N) is 1. The normalized spacial score (nSPS) is 16.7. The van der Waals surface area contributed by atoms with Crippen molar-refractivity contribution in [3.63, 3.8) is 0 Å². The molecule has 4 rings (SSSR count). The molecule has 0 radical (unpaired) electrons. The molecular weight excluding hydrogens is 445 g/mol. The van der Waals surface area contributed by atoms with Crippen LogP contribution in [0.2, 0.25) is 5.02 Å². The molecule has 0 fully saturated rings. The number of aliphatic carboxylic acids is 1. The highest BCUT2D eigenvalue weighted by atomic mass is 35.5. The number of ether oxygens (including phenoxy) is 1. The fraction of sp³-hybridized carbons (Fsp3) is 0.231. The van der Waals surface area contributed by atoms with E-state index in [1.165, 1.54) is 17.0 Å². The number of carboxylic acid groups (broad SMARTS) is 1. The Morgan fingerprint density at radius 2 is 1.85 bits per heavy atom. The van der Waals surface area contributed by atoms with Gasteiger partial charge in [0.1, 0.15) is 23.7 Å². The predicted molar refractivity (Wildman–Crippen MR) is 123 cm³/mol. The molecule has 0 bridgehead atoms. The second-order valence-electron chi connectivity index (χ2n) is 8.52. The number of halogens is 2. The van der Waals surface area contributed by atoms with Gasteiger partial charge in [-0.3, -0.25) is 9.59 Å². The van der Waals surface area contributed by atoms with Crippen molar-refractivity contribution in [3.05, 3.63) is 99.8 Å². The van der Waals surface area contributed by atoms with E-state index in [1.807, 2.05) is 37.3 Å². The Morgan fingerprint density at radius 3 is 2.55 bits per heavy atom. The lowest BCUT2D eigenvalue weighted by Gasteiger charge is -2.24. The Balaban J connectivity index is 1.53. The second kappa shape index (κ2) is 9.24. The Morgan fingerprint density at radius 1 is 1.09 bits per heavy atom. The summed E-state index contributed by atoms with van der Waals surface area (Å²) in [5.74, 6) is -1.25. The van der Waals surface area contributed by atoms with E-state index in [2.05, 4.69) is 0 Å². The molecule has 0 saturated heterocycles. The monoisotopic (exact) mass is 467 g/mol. The summed E-state index contributed by atoms with van der Waals surface area (Å²) < 4.78 is 20.0. The van der Waals surface area contributed by atoms with Crippen molar-refractivity contribution in [1.82, 2.24) is 4.90 Å². The van der Waals surface area contributed by atoms with Crippen molar-refractivity contribution in [3.8, 4) is 5.75 Å². The maximum atomic E-state index is 13.8. The fourth-order valence-corrected chi connectivity index (χ4v) is 4.30. The molecular formula is C26H23ClFNO4. The van der Waals surface area contributed by atoms with E-state index in [1.54, 1.807) is 24.3 Å². The Hall–Kier alpha value is -3.38. The van der Waals surface area contributed by atoms with E-state index in [4.69, 9.17) is 16.3 Å². The van der Waals surface area contributed by atoms with Crippen LogP contribution in [0, 0.1) is 5.82 Å². The summed E-state index contributed by atoms with van der Waals surface area (Å²) in [6.45, 7) is 1.73. The summed E-state index contributed by atoms with van der Waals surface area (Å²) in [7, 11) is 0. The van der Waals surface area contributed by atoms with Crippen LogP contribution in [0.5, 0.6) is 5.75 Å². The van der Waals surface area contributed by atoms with Gasteiger partial charge in [-0.1, -0.05) is 48.0 Å². The molecule has 1 aliphatic rings.